The van der Waals surface area contributed by atoms with Crippen LogP contribution in [-0.2, 0) is 0 Å². The second-order valence-corrected chi connectivity index (χ2v) is 5.64. The van der Waals surface area contributed by atoms with E-state index in [9.17, 15) is 10.4 Å². The van der Waals surface area contributed by atoms with E-state index in [1.165, 1.54) is 38.5 Å². The van der Waals surface area contributed by atoms with Gasteiger partial charge in [0.2, 0.25) is 0 Å². The first-order valence-corrected chi connectivity index (χ1v) is 7.31. The van der Waals surface area contributed by atoms with Crippen molar-refractivity contribution < 1.29 is 10.4 Å². The maximum absolute atomic E-state index is 9.31. The molecule has 0 aliphatic heterocycles. The van der Waals surface area contributed by atoms with E-state index in [1.54, 1.807) is 0 Å². The van der Waals surface area contributed by atoms with Gasteiger partial charge in [0.15, 0.2) is 0 Å². The second-order valence-electron chi connectivity index (χ2n) is 5.64. The molecule has 0 aromatic heterocycles. The van der Waals surface area contributed by atoms with E-state index in [-0.39, 0.29) is 11.8 Å². The van der Waals surface area contributed by atoms with Gasteiger partial charge in [-0.15, -0.1) is 0 Å². The van der Waals surface area contributed by atoms with Crippen LogP contribution in [-0.4, -0.2) is 21.8 Å². The van der Waals surface area contributed by atoms with Crippen molar-refractivity contribution in [3.63, 3.8) is 0 Å². The molecule has 0 radical (unpaired) electrons. The minimum Gasteiger partial charge on any atom is -0.411 e. The maximum Gasteiger partial charge on any atom is 0.108 e. The highest BCUT2D eigenvalue weighted by molar-refractivity contribution is 6.43. The Morgan fingerprint density at radius 3 is 1.22 bits per heavy atom. The van der Waals surface area contributed by atoms with E-state index < -0.39 is 0 Å². The Morgan fingerprint density at radius 2 is 0.944 bits per heavy atom. The first-order valence-electron chi connectivity index (χ1n) is 7.31. The summed E-state index contributed by atoms with van der Waals surface area (Å²) < 4.78 is 0. The van der Waals surface area contributed by atoms with Crippen LogP contribution in [0.25, 0.3) is 0 Å². The molecule has 2 aliphatic carbocycles. The predicted octanol–water partition coefficient (Wildman–Crippen LogP) is 3.81. The van der Waals surface area contributed by atoms with E-state index in [1.807, 2.05) is 0 Å². The zero-order chi connectivity index (χ0) is 12.8. The third-order valence-electron chi connectivity index (χ3n) is 4.46. The molecule has 0 aromatic carbocycles. The lowest BCUT2D eigenvalue weighted by atomic mass is 9.78. The number of hydrogen-bond acceptors (Lipinski definition) is 4. The maximum atomic E-state index is 9.31. The molecule has 2 N–H and O–H groups in total. The Morgan fingerprint density at radius 1 is 0.611 bits per heavy atom. The zero-order valence-corrected chi connectivity index (χ0v) is 11.0. The van der Waals surface area contributed by atoms with Crippen LogP contribution in [0.5, 0.6) is 0 Å². The van der Waals surface area contributed by atoms with Crippen molar-refractivity contribution in [2.24, 2.45) is 22.1 Å². The van der Waals surface area contributed by atoms with Gasteiger partial charge < -0.3 is 10.4 Å². The van der Waals surface area contributed by atoms with Crippen molar-refractivity contribution in [3.8, 4) is 0 Å². The number of nitrogens with zero attached hydrogens (tertiary/aromatic N) is 2. The average molecular weight is 252 g/mol. The normalized spacial score (nSPS) is 25.3. The molecule has 4 heteroatoms. The van der Waals surface area contributed by atoms with Crippen molar-refractivity contribution in [1.29, 1.82) is 0 Å². The molecule has 0 aromatic rings. The molecule has 0 unspecified atom stereocenters. The fraction of sp³-hybridized carbons (Fsp3) is 0.857. The van der Waals surface area contributed by atoms with Crippen LogP contribution in [0, 0.1) is 11.8 Å². The summed E-state index contributed by atoms with van der Waals surface area (Å²) >= 11 is 0. The van der Waals surface area contributed by atoms with E-state index in [4.69, 9.17) is 0 Å². The Bertz CT molecular complexity index is 282. The third-order valence-corrected chi connectivity index (χ3v) is 4.46. The van der Waals surface area contributed by atoms with Crippen molar-refractivity contribution in [3.05, 3.63) is 0 Å². The molecule has 0 saturated heterocycles. The van der Waals surface area contributed by atoms with E-state index >= 15 is 0 Å². The standard InChI is InChI=1S/C14H24N2O2/c17-15-13(11-7-3-1-4-8-11)14(16-18)12-9-5-2-6-10-12/h11-12,17-18H,1-10H2/b15-13+,16-14+. The molecule has 2 aliphatic rings. The van der Waals surface area contributed by atoms with Gasteiger partial charge in [-0.3, -0.25) is 0 Å². The molecule has 2 fully saturated rings. The van der Waals surface area contributed by atoms with Gasteiger partial charge in [-0.25, -0.2) is 0 Å². The molecule has 4 nitrogen and oxygen atoms in total. The van der Waals surface area contributed by atoms with E-state index in [0.717, 1.165) is 25.7 Å². The van der Waals surface area contributed by atoms with Crippen molar-refractivity contribution in [2.45, 2.75) is 64.2 Å². The Kier molecular flexibility index (Phi) is 5.02. The summed E-state index contributed by atoms with van der Waals surface area (Å²) in [6, 6.07) is 0. The third kappa shape index (κ3) is 3.03. The SMILES string of the molecule is O/N=C(/C(=N/O)C1CCCCC1)C1CCCCC1. The summed E-state index contributed by atoms with van der Waals surface area (Å²) in [5.41, 5.74) is 1.31. The molecule has 2 rings (SSSR count). The summed E-state index contributed by atoms with van der Waals surface area (Å²) in [5, 5.41) is 25.6. The molecule has 0 bridgehead atoms. The number of rotatable bonds is 3. The summed E-state index contributed by atoms with van der Waals surface area (Å²) in [6.45, 7) is 0. The molecule has 18 heavy (non-hydrogen) atoms. The summed E-state index contributed by atoms with van der Waals surface area (Å²) in [4.78, 5) is 0. The van der Waals surface area contributed by atoms with Gasteiger partial charge in [-0.1, -0.05) is 48.8 Å². The Labute approximate surface area is 109 Å². The van der Waals surface area contributed by atoms with Crippen LogP contribution in [0.15, 0.2) is 10.3 Å². The molecule has 0 spiro atoms. The highest BCUT2D eigenvalue weighted by Crippen LogP contribution is 2.30. The molecule has 0 heterocycles. The lowest BCUT2D eigenvalue weighted by molar-refractivity contribution is 0.301. The molecular weight excluding hydrogens is 228 g/mol. The van der Waals surface area contributed by atoms with Crippen LogP contribution in [0.1, 0.15) is 64.2 Å². The van der Waals surface area contributed by atoms with Crippen LogP contribution in [0.2, 0.25) is 0 Å². The van der Waals surface area contributed by atoms with Crippen LogP contribution >= 0.6 is 0 Å². The van der Waals surface area contributed by atoms with Gasteiger partial charge in [-0.05, 0) is 25.7 Å². The van der Waals surface area contributed by atoms with E-state index in [2.05, 4.69) is 10.3 Å². The first-order chi connectivity index (χ1) is 8.86. The molecular formula is C14H24N2O2. The fourth-order valence-electron chi connectivity index (χ4n) is 3.44. The lowest BCUT2D eigenvalue weighted by Crippen LogP contribution is -2.32. The zero-order valence-electron chi connectivity index (χ0n) is 11.0. The van der Waals surface area contributed by atoms with Gasteiger partial charge in [0, 0.05) is 11.8 Å². The molecule has 102 valence electrons. The Balaban J connectivity index is 2.08. The lowest BCUT2D eigenvalue weighted by Gasteiger charge is -2.27. The molecule has 0 amide bonds. The van der Waals surface area contributed by atoms with Gasteiger partial charge in [0.1, 0.15) is 11.4 Å². The van der Waals surface area contributed by atoms with Gasteiger partial charge >= 0.3 is 0 Å². The second kappa shape index (κ2) is 6.76. The Hall–Kier alpha value is -1.06. The molecule has 2 saturated carbocycles. The number of oxime groups is 2. The predicted molar refractivity (Wildman–Crippen MR) is 71.6 cm³/mol. The minimum atomic E-state index is 0.288. The smallest absolute Gasteiger partial charge is 0.108 e. The number of hydrogen-bond donors (Lipinski definition) is 2. The summed E-state index contributed by atoms with van der Waals surface area (Å²) in [6.07, 6.45) is 11.5. The van der Waals surface area contributed by atoms with Crippen molar-refractivity contribution in [1.82, 2.24) is 0 Å². The quantitative estimate of drug-likeness (QED) is 0.455. The van der Waals surface area contributed by atoms with Gasteiger partial charge in [0.05, 0.1) is 0 Å². The van der Waals surface area contributed by atoms with E-state index in [0.29, 0.717) is 11.4 Å². The monoisotopic (exact) mass is 252 g/mol. The minimum absolute atomic E-state index is 0.288. The van der Waals surface area contributed by atoms with Crippen molar-refractivity contribution in [2.75, 3.05) is 0 Å². The average Bonchev–Trinajstić information content (AvgIpc) is 2.46. The topological polar surface area (TPSA) is 65.2 Å². The molecule has 0 atom stereocenters. The van der Waals surface area contributed by atoms with Crippen LogP contribution < -0.4 is 0 Å². The summed E-state index contributed by atoms with van der Waals surface area (Å²) in [7, 11) is 0. The van der Waals surface area contributed by atoms with Crippen LogP contribution in [0.4, 0.5) is 0 Å². The summed E-state index contributed by atoms with van der Waals surface area (Å²) in [5.74, 6) is 0.577. The van der Waals surface area contributed by atoms with Crippen LogP contribution in [0.3, 0.4) is 0 Å². The van der Waals surface area contributed by atoms with Gasteiger partial charge in [0.25, 0.3) is 0 Å². The fourth-order valence-corrected chi connectivity index (χ4v) is 3.44. The largest absolute Gasteiger partial charge is 0.411 e. The van der Waals surface area contributed by atoms with Gasteiger partial charge in [-0.2, -0.15) is 0 Å². The van der Waals surface area contributed by atoms with Crippen molar-refractivity contribution >= 4 is 11.4 Å². The highest BCUT2D eigenvalue weighted by Gasteiger charge is 2.30. The first kappa shape index (κ1) is 13.4. The highest BCUT2D eigenvalue weighted by atomic mass is 16.4.